The van der Waals surface area contributed by atoms with Crippen LogP contribution < -0.4 is 0 Å². The first-order valence-electron chi connectivity index (χ1n) is 10.8. The van der Waals surface area contributed by atoms with Crippen molar-refractivity contribution in [2.24, 2.45) is 0 Å². The second kappa shape index (κ2) is 10.5. The Labute approximate surface area is 199 Å². The summed E-state index contributed by atoms with van der Waals surface area (Å²) < 4.78 is 0. The zero-order chi connectivity index (χ0) is 22.5. The zero-order valence-corrected chi connectivity index (χ0v) is 23.4. The molecule has 0 amide bonds. The van der Waals surface area contributed by atoms with Crippen LogP contribution in [-0.4, -0.2) is 5.43 Å². The maximum Gasteiger partial charge on any atom is -0.109 e. The zero-order valence-electron chi connectivity index (χ0n) is 20.0. The minimum absolute atomic E-state index is 0.194. The van der Waals surface area contributed by atoms with Gasteiger partial charge in [-0.1, -0.05) is 76.9 Å². The molecule has 0 N–H and O–H groups in total. The number of hydrogen-bond acceptors (Lipinski definition) is 0. The van der Waals surface area contributed by atoms with Gasteiger partial charge < -0.3 is 0 Å². The Bertz CT molecular complexity index is 983. The van der Waals surface area contributed by atoms with Gasteiger partial charge in [-0.05, 0) is 10.8 Å². The van der Waals surface area contributed by atoms with Crippen molar-refractivity contribution in [2.45, 2.75) is 71.9 Å². The van der Waals surface area contributed by atoms with Crippen molar-refractivity contribution in [3.8, 4) is 0 Å². The number of hydrogen-bond donors (Lipinski definition) is 0. The Morgan fingerprint density at radius 2 is 1.27 bits per heavy atom. The molecule has 156 valence electrons. The predicted molar refractivity (Wildman–Crippen MR) is 133 cm³/mol. The minimum atomic E-state index is 0.194. The number of fused-ring (bicyclic) bond motifs is 3. The van der Waals surface area contributed by atoms with E-state index in [0.717, 1.165) is 6.42 Å². The molecule has 4 rings (SSSR count). The van der Waals surface area contributed by atoms with Gasteiger partial charge >= 0.3 is 41.9 Å². The molecule has 1 aliphatic rings. The molecular weight excluding hydrogens is 456 g/mol. The predicted octanol–water partition coefficient (Wildman–Crippen LogP) is 8.40. The van der Waals surface area contributed by atoms with Crippen LogP contribution in [0.4, 0.5) is 0 Å². The van der Waals surface area contributed by atoms with Crippen LogP contribution in [0.3, 0.4) is 0 Å². The van der Waals surface area contributed by atoms with Crippen LogP contribution >= 0.6 is 0 Å². The summed E-state index contributed by atoms with van der Waals surface area (Å²) in [6.45, 7) is 18.3. The molecule has 0 unspecified atom stereocenters. The van der Waals surface area contributed by atoms with Gasteiger partial charge in [0.25, 0.3) is 0 Å². The molecule has 3 aromatic rings. The van der Waals surface area contributed by atoms with Crippen molar-refractivity contribution in [2.75, 3.05) is 0 Å². The molecule has 0 radical (unpaired) electrons. The van der Waals surface area contributed by atoms with E-state index in [1.165, 1.54) is 32.7 Å². The molecule has 0 bridgehead atoms. The molecular formula is C28H36SiZr. The van der Waals surface area contributed by atoms with Gasteiger partial charge in [-0.2, -0.15) is 6.08 Å². The van der Waals surface area contributed by atoms with E-state index >= 15 is 0 Å². The molecule has 2 heteroatoms. The van der Waals surface area contributed by atoms with Gasteiger partial charge in [-0.3, -0.25) is 6.08 Å². The van der Waals surface area contributed by atoms with Gasteiger partial charge in [-0.15, -0.1) is 46.2 Å². The largest absolute Gasteiger partial charge is 0.273 e. The first-order valence-corrected chi connectivity index (χ1v) is 17.0. The Morgan fingerprint density at radius 1 is 0.833 bits per heavy atom. The fourth-order valence-corrected chi connectivity index (χ4v) is 3.27. The fraction of sp³-hybridized carbons (Fsp3) is 0.393. The van der Waals surface area contributed by atoms with E-state index in [-0.39, 0.29) is 16.3 Å². The van der Waals surface area contributed by atoms with Gasteiger partial charge in [0.05, 0.1) is 0 Å². The third-order valence-electron chi connectivity index (χ3n) is 5.03. The summed E-state index contributed by atoms with van der Waals surface area (Å²) in [5.41, 5.74) is 3.41. The van der Waals surface area contributed by atoms with Gasteiger partial charge in [0.2, 0.25) is 0 Å². The molecule has 0 heterocycles. The van der Waals surface area contributed by atoms with Crippen molar-refractivity contribution in [1.29, 1.82) is 0 Å². The minimum Gasteiger partial charge on any atom is -0.273 e. The van der Waals surface area contributed by atoms with Crippen molar-refractivity contribution in [1.82, 2.24) is 0 Å². The van der Waals surface area contributed by atoms with Crippen LogP contribution in [0.2, 0.25) is 13.1 Å². The van der Waals surface area contributed by atoms with E-state index in [2.05, 4.69) is 109 Å². The van der Waals surface area contributed by atoms with E-state index in [1.54, 1.807) is 23.3 Å². The molecule has 1 aliphatic carbocycles. The fourth-order valence-electron chi connectivity index (χ4n) is 3.27. The molecule has 0 aliphatic heterocycles. The van der Waals surface area contributed by atoms with E-state index < -0.39 is 0 Å². The number of rotatable bonds is 0. The van der Waals surface area contributed by atoms with Crippen molar-refractivity contribution in [3.05, 3.63) is 77.9 Å². The molecule has 30 heavy (non-hydrogen) atoms. The summed E-state index contributed by atoms with van der Waals surface area (Å²) in [5.74, 6) is 0. The van der Waals surface area contributed by atoms with Gasteiger partial charge in [0, 0.05) is 0 Å². The Hall–Kier alpha value is -1.11. The Morgan fingerprint density at radius 3 is 1.53 bits per heavy atom. The van der Waals surface area contributed by atoms with Crippen molar-refractivity contribution in [3.63, 3.8) is 0 Å². The third-order valence-corrected chi connectivity index (χ3v) is 5.03. The summed E-state index contributed by atoms with van der Waals surface area (Å²) in [7, 11) is 0. The molecule has 0 spiro atoms. The van der Waals surface area contributed by atoms with E-state index in [1.807, 2.05) is 12.2 Å². The SMILES string of the molecule is CC(C)(C)c1ccc2[cH-]c3ccc(C(C)(C)C)cc3c2c1.C[Si](C)=[Zr+2].[C-]1=CC=CC1. The van der Waals surface area contributed by atoms with Crippen LogP contribution in [-0.2, 0) is 34.2 Å². The summed E-state index contributed by atoms with van der Waals surface area (Å²) in [4.78, 5) is 0. The van der Waals surface area contributed by atoms with Crippen LogP contribution in [0.5, 0.6) is 0 Å². The third kappa shape index (κ3) is 7.24. The van der Waals surface area contributed by atoms with Crippen LogP contribution in [0.15, 0.2) is 60.7 Å². The smallest absolute Gasteiger partial charge is 0.109 e. The summed E-state index contributed by atoms with van der Waals surface area (Å²) in [6, 6.07) is 16.1. The maximum atomic E-state index is 2.99. The summed E-state index contributed by atoms with van der Waals surface area (Å²) in [6.07, 6.45) is 10.0. The number of benzene rings is 2. The average molecular weight is 492 g/mol. The summed E-state index contributed by atoms with van der Waals surface area (Å²) in [5, 5.41) is 5.49. The molecule has 0 aromatic heterocycles. The second-order valence-corrected chi connectivity index (χ2v) is 19.6. The average Bonchev–Trinajstić information content (AvgIpc) is 3.30. The van der Waals surface area contributed by atoms with Crippen LogP contribution in [0.25, 0.3) is 21.5 Å². The summed E-state index contributed by atoms with van der Waals surface area (Å²) >= 11 is 1.74. The van der Waals surface area contributed by atoms with E-state index in [4.69, 9.17) is 0 Å². The normalized spacial score (nSPS) is 13.1. The van der Waals surface area contributed by atoms with Crippen LogP contribution in [0, 0.1) is 6.08 Å². The van der Waals surface area contributed by atoms with E-state index in [0.29, 0.717) is 0 Å². The first-order chi connectivity index (χ1) is 13.9. The monoisotopic (exact) mass is 490 g/mol. The quantitative estimate of drug-likeness (QED) is 0.219. The second-order valence-electron chi connectivity index (χ2n) is 10.3. The van der Waals surface area contributed by atoms with Gasteiger partial charge in [0.15, 0.2) is 0 Å². The molecule has 3 aromatic carbocycles. The topological polar surface area (TPSA) is 0 Å². The van der Waals surface area contributed by atoms with Crippen LogP contribution in [0.1, 0.15) is 59.1 Å². The molecule has 0 saturated carbocycles. The Balaban J connectivity index is 0.000000297. The van der Waals surface area contributed by atoms with E-state index in [9.17, 15) is 0 Å². The molecule has 0 nitrogen and oxygen atoms in total. The van der Waals surface area contributed by atoms with Gasteiger partial charge in [0.1, 0.15) is 0 Å². The van der Waals surface area contributed by atoms with Gasteiger partial charge in [-0.25, -0.2) is 12.2 Å². The maximum absolute atomic E-state index is 2.99. The first kappa shape index (κ1) is 25.2. The molecule has 0 saturated heterocycles. The Kier molecular flexibility index (Phi) is 8.78. The molecule has 0 atom stereocenters. The standard InChI is InChI=1S/C21H25.C5H5.C2H6Si.Zr/c1-20(2,3)16-9-7-14-11-15-8-10-17(21(4,5)6)13-19(15)18(14)12-16;1-2-4-5-3-1;1-3-2;/h7-13H,1-6H3;1-3H,4H2;1-2H3;/q2*-1;;+2. The van der Waals surface area contributed by atoms with Crippen molar-refractivity contribution >= 4 is 27.0 Å². The van der Waals surface area contributed by atoms with Crippen molar-refractivity contribution < 1.29 is 23.3 Å². The number of allylic oxidation sites excluding steroid dienone is 4. The molecule has 0 fully saturated rings.